The molecule has 0 aromatic rings. The maximum Gasteiger partial charge on any atom is 0.141 e. The van der Waals surface area contributed by atoms with Gasteiger partial charge in [0.25, 0.3) is 0 Å². The first-order chi connectivity index (χ1) is 4.18. The summed E-state index contributed by atoms with van der Waals surface area (Å²) in [4.78, 5) is 0. The van der Waals surface area contributed by atoms with Crippen molar-refractivity contribution in [3.05, 3.63) is 0 Å². The molecule has 0 saturated heterocycles. The molecule has 2 nitrogen and oxygen atoms in total. The van der Waals surface area contributed by atoms with Crippen molar-refractivity contribution in [2.45, 2.75) is 17.0 Å². The van der Waals surface area contributed by atoms with Gasteiger partial charge in [-0.25, -0.2) is 0 Å². The molecule has 0 fully saturated rings. The van der Waals surface area contributed by atoms with Crippen LogP contribution >= 0.6 is 22.6 Å². The standard InChI is InChI=1S/C6H13IO2/c1-4-6(7,9-3)5-8-2/h4-5H2,1-3H3. The number of ether oxygens (including phenoxy) is 2. The third-order valence-electron chi connectivity index (χ3n) is 1.25. The number of hydrogen-bond acceptors (Lipinski definition) is 2. The molecule has 1 unspecified atom stereocenters. The SMILES string of the molecule is CCC(I)(COC)OC. The van der Waals surface area contributed by atoms with Crippen LogP contribution in [0.1, 0.15) is 13.3 Å². The largest absolute Gasteiger partial charge is 0.381 e. The molecule has 3 heteroatoms. The van der Waals surface area contributed by atoms with Gasteiger partial charge in [-0.05, 0) is 29.0 Å². The van der Waals surface area contributed by atoms with Crippen molar-refractivity contribution < 1.29 is 9.47 Å². The molecule has 1 atom stereocenters. The summed E-state index contributed by atoms with van der Waals surface area (Å²) in [7, 11) is 3.39. The van der Waals surface area contributed by atoms with E-state index in [0.29, 0.717) is 6.61 Å². The van der Waals surface area contributed by atoms with Gasteiger partial charge in [0, 0.05) is 14.2 Å². The summed E-state index contributed by atoms with van der Waals surface area (Å²) in [5, 5.41) is 0. The average molecular weight is 244 g/mol. The van der Waals surface area contributed by atoms with E-state index >= 15 is 0 Å². The van der Waals surface area contributed by atoms with Crippen LogP contribution in [0.4, 0.5) is 0 Å². The summed E-state index contributed by atoms with van der Waals surface area (Å²) in [6.45, 7) is 2.73. The number of methoxy groups -OCH3 is 2. The van der Waals surface area contributed by atoms with E-state index in [1.165, 1.54) is 0 Å². The normalized spacial score (nSPS) is 17.3. The van der Waals surface area contributed by atoms with Crippen LogP contribution < -0.4 is 0 Å². The van der Waals surface area contributed by atoms with Crippen molar-refractivity contribution in [3.8, 4) is 0 Å². The lowest BCUT2D eigenvalue weighted by atomic mass is 10.3. The molecular formula is C6H13IO2. The van der Waals surface area contributed by atoms with Gasteiger partial charge in [-0.3, -0.25) is 0 Å². The minimum atomic E-state index is -0.119. The first kappa shape index (κ1) is 9.65. The minimum absolute atomic E-state index is 0.119. The summed E-state index contributed by atoms with van der Waals surface area (Å²) >= 11 is 2.26. The second-order valence-electron chi connectivity index (χ2n) is 1.87. The Kier molecular flexibility index (Phi) is 4.79. The number of hydrogen-bond donors (Lipinski definition) is 0. The van der Waals surface area contributed by atoms with E-state index in [4.69, 9.17) is 9.47 Å². The van der Waals surface area contributed by atoms with Gasteiger partial charge in [0.2, 0.25) is 0 Å². The fourth-order valence-corrected chi connectivity index (χ4v) is 0.832. The van der Waals surface area contributed by atoms with E-state index in [1.807, 2.05) is 0 Å². The second kappa shape index (κ2) is 4.46. The second-order valence-corrected chi connectivity index (χ2v) is 3.84. The zero-order valence-corrected chi connectivity index (χ0v) is 8.27. The minimum Gasteiger partial charge on any atom is -0.381 e. The zero-order valence-electron chi connectivity index (χ0n) is 6.11. The van der Waals surface area contributed by atoms with Gasteiger partial charge in [0.1, 0.15) is 3.61 Å². The molecule has 0 saturated carbocycles. The maximum atomic E-state index is 5.19. The van der Waals surface area contributed by atoms with E-state index in [-0.39, 0.29) is 3.61 Å². The molecule has 0 aliphatic carbocycles. The maximum absolute atomic E-state index is 5.19. The van der Waals surface area contributed by atoms with Crippen molar-refractivity contribution in [1.82, 2.24) is 0 Å². The molecule has 0 aliphatic heterocycles. The van der Waals surface area contributed by atoms with Gasteiger partial charge in [-0.2, -0.15) is 0 Å². The van der Waals surface area contributed by atoms with Crippen LogP contribution in [0.15, 0.2) is 0 Å². The molecular weight excluding hydrogens is 231 g/mol. The van der Waals surface area contributed by atoms with Crippen molar-refractivity contribution in [2.75, 3.05) is 20.8 Å². The molecule has 0 heterocycles. The molecule has 0 radical (unpaired) electrons. The molecule has 0 aromatic heterocycles. The Bertz CT molecular complexity index is 71.5. The lowest BCUT2D eigenvalue weighted by Crippen LogP contribution is -2.27. The average Bonchev–Trinajstić information content (AvgIpc) is 1.89. The molecule has 0 aliphatic rings. The van der Waals surface area contributed by atoms with Crippen LogP contribution in [0, 0.1) is 0 Å². The topological polar surface area (TPSA) is 18.5 Å². The Balaban J connectivity index is 3.62. The predicted octanol–water partition coefficient (Wildman–Crippen LogP) is 1.82. The van der Waals surface area contributed by atoms with Crippen LogP contribution in [0.3, 0.4) is 0 Å². The van der Waals surface area contributed by atoms with Crippen LogP contribution in [0.25, 0.3) is 0 Å². The highest BCUT2D eigenvalue weighted by atomic mass is 127. The predicted molar refractivity (Wildman–Crippen MR) is 45.9 cm³/mol. The molecule has 0 spiro atoms. The summed E-state index contributed by atoms with van der Waals surface area (Å²) in [6, 6.07) is 0. The summed E-state index contributed by atoms with van der Waals surface area (Å²) in [6.07, 6.45) is 0.970. The third kappa shape index (κ3) is 3.37. The first-order valence-electron chi connectivity index (χ1n) is 2.91. The highest BCUT2D eigenvalue weighted by Crippen LogP contribution is 2.23. The van der Waals surface area contributed by atoms with Crippen LogP contribution in [0.5, 0.6) is 0 Å². The van der Waals surface area contributed by atoms with E-state index < -0.39 is 0 Å². The van der Waals surface area contributed by atoms with Gasteiger partial charge in [-0.15, -0.1) is 0 Å². The van der Waals surface area contributed by atoms with Crippen LogP contribution in [0.2, 0.25) is 0 Å². The number of rotatable bonds is 4. The highest BCUT2D eigenvalue weighted by Gasteiger charge is 2.22. The molecule has 9 heavy (non-hydrogen) atoms. The van der Waals surface area contributed by atoms with E-state index in [0.717, 1.165) is 6.42 Å². The van der Waals surface area contributed by atoms with Crippen LogP contribution in [-0.2, 0) is 9.47 Å². The molecule has 0 aromatic carbocycles. The Hall–Kier alpha value is 0.650. The fraction of sp³-hybridized carbons (Fsp3) is 1.00. The summed E-state index contributed by atoms with van der Waals surface area (Å²) in [5.74, 6) is 0. The Morgan fingerprint density at radius 1 is 1.44 bits per heavy atom. The molecule has 0 rings (SSSR count). The number of alkyl halides is 1. The molecule has 0 N–H and O–H groups in total. The van der Waals surface area contributed by atoms with E-state index in [1.54, 1.807) is 14.2 Å². The lowest BCUT2D eigenvalue weighted by Gasteiger charge is -2.22. The third-order valence-corrected chi connectivity index (χ3v) is 2.77. The quantitative estimate of drug-likeness (QED) is 0.554. The van der Waals surface area contributed by atoms with Crippen molar-refractivity contribution in [3.63, 3.8) is 0 Å². The Morgan fingerprint density at radius 3 is 2.11 bits per heavy atom. The smallest absolute Gasteiger partial charge is 0.141 e. The Morgan fingerprint density at radius 2 is 2.00 bits per heavy atom. The molecule has 56 valence electrons. The lowest BCUT2D eigenvalue weighted by molar-refractivity contribution is 0.0136. The molecule has 0 bridgehead atoms. The van der Waals surface area contributed by atoms with E-state index in [2.05, 4.69) is 29.5 Å². The van der Waals surface area contributed by atoms with Gasteiger partial charge in [0.15, 0.2) is 0 Å². The van der Waals surface area contributed by atoms with Crippen molar-refractivity contribution in [1.29, 1.82) is 0 Å². The monoisotopic (exact) mass is 244 g/mol. The van der Waals surface area contributed by atoms with Gasteiger partial charge < -0.3 is 9.47 Å². The summed E-state index contributed by atoms with van der Waals surface area (Å²) < 4.78 is 10.0. The summed E-state index contributed by atoms with van der Waals surface area (Å²) in [5.41, 5.74) is 0. The van der Waals surface area contributed by atoms with Gasteiger partial charge >= 0.3 is 0 Å². The fourth-order valence-electron chi connectivity index (χ4n) is 0.521. The number of halogens is 1. The van der Waals surface area contributed by atoms with Gasteiger partial charge in [0.05, 0.1) is 6.61 Å². The molecule has 0 amide bonds. The van der Waals surface area contributed by atoms with Crippen molar-refractivity contribution >= 4 is 22.6 Å². The van der Waals surface area contributed by atoms with Crippen LogP contribution in [-0.4, -0.2) is 24.4 Å². The van der Waals surface area contributed by atoms with Crippen molar-refractivity contribution in [2.24, 2.45) is 0 Å². The first-order valence-corrected chi connectivity index (χ1v) is 3.99. The van der Waals surface area contributed by atoms with E-state index in [9.17, 15) is 0 Å². The zero-order chi connectivity index (χ0) is 7.33. The highest BCUT2D eigenvalue weighted by molar-refractivity contribution is 14.1. The Labute approximate surface area is 70.1 Å². The van der Waals surface area contributed by atoms with Gasteiger partial charge in [-0.1, -0.05) is 6.92 Å².